The van der Waals surface area contributed by atoms with Gasteiger partial charge < -0.3 is 4.90 Å². The lowest BCUT2D eigenvalue weighted by atomic mass is 10.1. The highest BCUT2D eigenvalue weighted by atomic mass is 32.2. The van der Waals surface area contributed by atoms with Crippen molar-refractivity contribution in [3.8, 4) is 0 Å². The minimum Gasteiger partial charge on any atom is -0.339 e. The number of nitrogens with zero attached hydrogens (tertiary/aromatic N) is 2. The SMILES string of the molecule is CS(=O)(=O)CCN1CCN(C(=O)CS(=O)(=O)CCCc2ccccc2)CC1. The molecular weight excluding hydrogens is 388 g/mol. The Morgan fingerprint density at radius 2 is 1.59 bits per heavy atom. The average molecular weight is 417 g/mol. The Hall–Kier alpha value is -1.45. The third-order valence-electron chi connectivity index (χ3n) is 4.61. The summed E-state index contributed by atoms with van der Waals surface area (Å²) in [6, 6.07) is 9.67. The van der Waals surface area contributed by atoms with Crippen molar-refractivity contribution in [2.45, 2.75) is 12.8 Å². The minimum atomic E-state index is -3.43. The average Bonchev–Trinajstić information content (AvgIpc) is 2.60. The molecule has 1 aliphatic heterocycles. The van der Waals surface area contributed by atoms with Crippen LogP contribution in [0.3, 0.4) is 0 Å². The van der Waals surface area contributed by atoms with Gasteiger partial charge in [-0.1, -0.05) is 30.3 Å². The second kappa shape index (κ2) is 9.66. The Kier molecular flexibility index (Phi) is 7.81. The van der Waals surface area contributed by atoms with Crippen molar-refractivity contribution in [2.75, 3.05) is 56.2 Å². The predicted octanol–water partition coefficient (Wildman–Crippen LogP) is 0.223. The van der Waals surface area contributed by atoms with Crippen LogP contribution in [0, 0.1) is 0 Å². The van der Waals surface area contributed by atoms with Crippen LogP contribution in [-0.2, 0) is 30.9 Å². The lowest BCUT2D eigenvalue weighted by molar-refractivity contribution is -0.130. The smallest absolute Gasteiger partial charge is 0.237 e. The molecule has 1 fully saturated rings. The van der Waals surface area contributed by atoms with Crippen LogP contribution in [0.25, 0.3) is 0 Å². The Morgan fingerprint density at radius 3 is 2.19 bits per heavy atom. The molecule has 152 valence electrons. The normalized spacial score (nSPS) is 16.4. The summed E-state index contributed by atoms with van der Waals surface area (Å²) in [6.45, 7) is 2.44. The fourth-order valence-corrected chi connectivity index (χ4v) is 4.89. The maximum Gasteiger partial charge on any atom is 0.237 e. The largest absolute Gasteiger partial charge is 0.339 e. The van der Waals surface area contributed by atoms with Gasteiger partial charge in [0.1, 0.15) is 15.6 Å². The number of aryl methyl sites for hydroxylation is 1. The van der Waals surface area contributed by atoms with Gasteiger partial charge >= 0.3 is 0 Å². The van der Waals surface area contributed by atoms with E-state index in [0.717, 1.165) is 5.56 Å². The number of benzene rings is 1. The third kappa shape index (κ3) is 8.40. The molecule has 0 N–H and O–H groups in total. The van der Waals surface area contributed by atoms with E-state index < -0.39 is 25.4 Å². The fraction of sp³-hybridized carbons (Fsp3) is 0.611. The molecule has 1 aliphatic rings. The van der Waals surface area contributed by atoms with E-state index in [-0.39, 0.29) is 17.4 Å². The van der Waals surface area contributed by atoms with Crippen molar-refractivity contribution in [1.29, 1.82) is 0 Å². The van der Waals surface area contributed by atoms with Crippen LogP contribution in [0.4, 0.5) is 0 Å². The summed E-state index contributed by atoms with van der Waals surface area (Å²) in [4.78, 5) is 15.8. The zero-order valence-corrected chi connectivity index (χ0v) is 17.3. The van der Waals surface area contributed by atoms with E-state index >= 15 is 0 Å². The van der Waals surface area contributed by atoms with Gasteiger partial charge in [0.15, 0.2) is 9.84 Å². The summed E-state index contributed by atoms with van der Waals surface area (Å²) in [5.41, 5.74) is 1.09. The first-order valence-electron chi connectivity index (χ1n) is 9.07. The molecule has 1 saturated heterocycles. The van der Waals surface area contributed by atoms with E-state index in [9.17, 15) is 21.6 Å². The first-order valence-corrected chi connectivity index (χ1v) is 12.9. The zero-order valence-electron chi connectivity index (χ0n) is 15.7. The molecule has 1 heterocycles. The van der Waals surface area contributed by atoms with Crippen LogP contribution in [0.1, 0.15) is 12.0 Å². The Balaban J connectivity index is 1.72. The fourth-order valence-electron chi connectivity index (χ4n) is 3.01. The second-order valence-corrected chi connectivity index (χ2v) is 11.5. The molecule has 9 heteroatoms. The van der Waals surface area contributed by atoms with Crippen molar-refractivity contribution in [3.63, 3.8) is 0 Å². The van der Waals surface area contributed by atoms with Crippen LogP contribution < -0.4 is 0 Å². The van der Waals surface area contributed by atoms with Gasteiger partial charge in [0.05, 0.1) is 11.5 Å². The summed E-state index contributed by atoms with van der Waals surface area (Å²) >= 11 is 0. The number of carbonyl (C=O) groups is 1. The zero-order chi connectivity index (χ0) is 19.9. The summed E-state index contributed by atoms with van der Waals surface area (Å²) in [5, 5.41) is 0. The van der Waals surface area contributed by atoms with Crippen molar-refractivity contribution in [1.82, 2.24) is 9.80 Å². The van der Waals surface area contributed by atoms with Crippen molar-refractivity contribution >= 4 is 25.6 Å². The molecule has 0 spiro atoms. The molecule has 27 heavy (non-hydrogen) atoms. The number of hydrogen-bond acceptors (Lipinski definition) is 6. The van der Waals surface area contributed by atoms with Crippen LogP contribution in [0.5, 0.6) is 0 Å². The van der Waals surface area contributed by atoms with E-state index in [2.05, 4.69) is 0 Å². The summed E-state index contributed by atoms with van der Waals surface area (Å²) < 4.78 is 46.9. The van der Waals surface area contributed by atoms with E-state index in [4.69, 9.17) is 0 Å². The number of rotatable bonds is 9. The second-order valence-electron chi connectivity index (χ2n) is 7.03. The van der Waals surface area contributed by atoms with Crippen molar-refractivity contribution in [3.05, 3.63) is 35.9 Å². The number of hydrogen-bond donors (Lipinski definition) is 0. The Morgan fingerprint density at radius 1 is 0.963 bits per heavy atom. The van der Waals surface area contributed by atoms with E-state index in [1.54, 1.807) is 4.90 Å². The Labute approximate surface area is 162 Å². The maximum atomic E-state index is 12.3. The molecule has 0 radical (unpaired) electrons. The van der Waals surface area contributed by atoms with Gasteiger partial charge in [-0.25, -0.2) is 16.8 Å². The van der Waals surface area contributed by atoms with Crippen LogP contribution in [0.15, 0.2) is 30.3 Å². The molecule has 0 aromatic heterocycles. The first kappa shape index (κ1) is 21.8. The lowest BCUT2D eigenvalue weighted by Crippen LogP contribution is -2.51. The monoisotopic (exact) mass is 416 g/mol. The van der Waals surface area contributed by atoms with Gasteiger partial charge in [-0.05, 0) is 18.4 Å². The quantitative estimate of drug-likeness (QED) is 0.572. The third-order valence-corrected chi connectivity index (χ3v) is 7.13. The molecule has 0 atom stereocenters. The van der Waals surface area contributed by atoms with Crippen LogP contribution >= 0.6 is 0 Å². The highest BCUT2D eigenvalue weighted by Crippen LogP contribution is 2.07. The van der Waals surface area contributed by atoms with E-state index in [1.165, 1.54) is 6.26 Å². The molecular formula is C18H28N2O5S2. The van der Waals surface area contributed by atoms with Gasteiger partial charge in [-0.2, -0.15) is 0 Å². The van der Waals surface area contributed by atoms with Gasteiger partial charge in [0, 0.05) is 39.0 Å². The molecule has 1 amide bonds. The predicted molar refractivity (Wildman–Crippen MR) is 106 cm³/mol. The van der Waals surface area contributed by atoms with Gasteiger partial charge in [-0.15, -0.1) is 0 Å². The molecule has 0 saturated carbocycles. The van der Waals surface area contributed by atoms with Gasteiger partial charge in [-0.3, -0.25) is 9.69 Å². The highest BCUT2D eigenvalue weighted by Gasteiger charge is 2.25. The van der Waals surface area contributed by atoms with Crippen molar-refractivity contribution < 1.29 is 21.6 Å². The molecule has 1 aromatic carbocycles. The number of sulfone groups is 2. The number of piperazine rings is 1. The summed E-state index contributed by atoms with van der Waals surface area (Å²) in [5.74, 6) is -0.721. The van der Waals surface area contributed by atoms with Gasteiger partial charge in [0.25, 0.3) is 0 Å². The van der Waals surface area contributed by atoms with E-state index in [1.807, 2.05) is 35.2 Å². The minimum absolute atomic E-state index is 0.00194. The van der Waals surface area contributed by atoms with Crippen molar-refractivity contribution in [2.24, 2.45) is 0 Å². The molecule has 1 aromatic rings. The van der Waals surface area contributed by atoms with Gasteiger partial charge in [0.2, 0.25) is 5.91 Å². The maximum absolute atomic E-state index is 12.3. The first-order chi connectivity index (χ1) is 12.6. The molecule has 0 bridgehead atoms. The van der Waals surface area contributed by atoms with Crippen LogP contribution in [0.2, 0.25) is 0 Å². The van der Waals surface area contributed by atoms with Crippen LogP contribution in [-0.4, -0.2) is 88.8 Å². The standard InChI is InChI=1S/C18H28N2O5S2/c1-26(22,23)15-13-19-9-11-20(12-10-19)18(21)16-27(24,25)14-5-8-17-6-3-2-4-7-17/h2-4,6-7H,5,8-16H2,1H3. The summed E-state index contributed by atoms with van der Waals surface area (Å²) in [7, 11) is -6.44. The molecule has 0 aliphatic carbocycles. The number of carbonyl (C=O) groups excluding carboxylic acids is 1. The van der Waals surface area contributed by atoms with E-state index in [0.29, 0.717) is 45.6 Å². The number of amides is 1. The molecule has 0 unspecified atom stereocenters. The summed E-state index contributed by atoms with van der Waals surface area (Å²) in [6.07, 6.45) is 2.38. The lowest BCUT2D eigenvalue weighted by Gasteiger charge is -2.34. The highest BCUT2D eigenvalue weighted by molar-refractivity contribution is 7.92. The molecule has 7 nitrogen and oxygen atoms in total. The molecule has 2 rings (SSSR count). The topological polar surface area (TPSA) is 91.8 Å². The Bertz CT molecular complexity index is 815.